The summed E-state index contributed by atoms with van der Waals surface area (Å²) in [6, 6.07) is 10.6. The summed E-state index contributed by atoms with van der Waals surface area (Å²) in [5, 5.41) is 4.35. The lowest BCUT2D eigenvalue weighted by Crippen LogP contribution is -2.48. The van der Waals surface area contributed by atoms with E-state index < -0.39 is 0 Å². The van der Waals surface area contributed by atoms with Gasteiger partial charge in [0.05, 0.1) is 0 Å². The molecule has 0 N–H and O–H groups in total. The van der Waals surface area contributed by atoms with Crippen LogP contribution in [0.5, 0.6) is 0 Å². The van der Waals surface area contributed by atoms with E-state index in [0.29, 0.717) is 0 Å². The van der Waals surface area contributed by atoms with Gasteiger partial charge in [-0.2, -0.15) is 11.3 Å². The minimum atomic E-state index is 0.0457. The Bertz CT molecular complexity index is 679. The van der Waals surface area contributed by atoms with Crippen molar-refractivity contribution in [2.45, 2.75) is 32.4 Å². The average molecular weight is 359 g/mol. The number of rotatable bonds is 6. The number of methoxy groups -OCH3 is 1. The number of hydrogen-bond acceptors (Lipinski definition) is 4. The molecule has 1 aliphatic rings. The summed E-state index contributed by atoms with van der Waals surface area (Å²) in [6.07, 6.45) is 1.99. The summed E-state index contributed by atoms with van der Waals surface area (Å²) in [6.45, 7) is 5.23. The number of anilines is 1. The molecule has 3 rings (SSSR count). The molecule has 0 unspecified atom stereocenters. The smallest absolute Gasteiger partial charge is 0.253 e. The summed E-state index contributed by atoms with van der Waals surface area (Å²) in [7, 11) is 1.58. The minimum Gasteiger partial charge on any atom is -0.375 e. The van der Waals surface area contributed by atoms with E-state index in [2.05, 4.69) is 40.8 Å². The number of piperidine rings is 1. The van der Waals surface area contributed by atoms with Crippen molar-refractivity contribution in [1.29, 1.82) is 0 Å². The lowest BCUT2D eigenvalue weighted by molar-refractivity contribution is -0.122. The van der Waals surface area contributed by atoms with E-state index in [1.54, 1.807) is 18.4 Å². The van der Waals surface area contributed by atoms with E-state index in [9.17, 15) is 4.79 Å². The molecule has 0 atom stereocenters. The molecular formula is C20H26N2O2S. The molecule has 25 heavy (non-hydrogen) atoms. The molecule has 1 aromatic carbocycles. The Morgan fingerprint density at radius 2 is 2.12 bits per heavy atom. The third-order valence-corrected chi connectivity index (χ3v) is 5.46. The molecule has 0 spiro atoms. The third kappa shape index (κ3) is 4.69. The summed E-state index contributed by atoms with van der Waals surface area (Å²) in [5.41, 5.74) is 3.54. The molecule has 1 saturated heterocycles. The Morgan fingerprint density at radius 1 is 1.32 bits per heavy atom. The summed E-state index contributed by atoms with van der Waals surface area (Å²) in [5.74, 6) is 0.0457. The summed E-state index contributed by atoms with van der Waals surface area (Å²) >= 11 is 1.75. The van der Waals surface area contributed by atoms with Crippen LogP contribution in [0.15, 0.2) is 41.1 Å². The van der Waals surface area contributed by atoms with Crippen LogP contribution >= 0.6 is 11.3 Å². The third-order valence-electron chi connectivity index (χ3n) is 4.72. The van der Waals surface area contributed by atoms with Crippen molar-refractivity contribution < 1.29 is 9.53 Å². The van der Waals surface area contributed by atoms with Gasteiger partial charge in [-0.05, 0) is 59.9 Å². The van der Waals surface area contributed by atoms with Gasteiger partial charge in [-0.3, -0.25) is 9.69 Å². The van der Waals surface area contributed by atoms with E-state index in [1.807, 2.05) is 17.0 Å². The van der Waals surface area contributed by atoms with Crippen LogP contribution in [0.4, 0.5) is 5.69 Å². The van der Waals surface area contributed by atoms with Gasteiger partial charge in [0.1, 0.15) is 6.61 Å². The molecular weight excluding hydrogens is 332 g/mol. The molecule has 1 aliphatic heterocycles. The zero-order valence-corrected chi connectivity index (χ0v) is 15.8. The van der Waals surface area contributed by atoms with Crippen LogP contribution in [0.3, 0.4) is 0 Å². The quantitative estimate of drug-likeness (QED) is 0.789. The summed E-state index contributed by atoms with van der Waals surface area (Å²) in [4.78, 5) is 17.1. The second kappa shape index (κ2) is 8.61. The molecule has 1 fully saturated rings. The largest absolute Gasteiger partial charge is 0.375 e. The predicted octanol–water partition coefficient (Wildman–Crippen LogP) is 3.70. The number of amides is 1. The average Bonchev–Trinajstić information content (AvgIpc) is 3.10. The molecule has 4 nitrogen and oxygen atoms in total. The highest BCUT2D eigenvalue weighted by atomic mass is 32.1. The normalized spacial score (nSPS) is 16.1. The lowest BCUT2D eigenvalue weighted by Gasteiger charge is -2.38. The van der Waals surface area contributed by atoms with Crippen molar-refractivity contribution in [2.75, 3.05) is 31.7 Å². The fourth-order valence-corrected chi connectivity index (χ4v) is 4.17. The highest BCUT2D eigenvalue weighted by molar-refractivity contribution is 7.07. The van der Waals surface area contributed by atoms with Crippen molar-refractivity contribution in [2.24, 2.45) is 0 Å². The van der Waals surface area contributed by atoms with Crippen LogP contribution in [0.2, 0.25) is 0 Å². The molecule has 2 heterocycles. The highest BCUT2D eigenvalue weighted by Crippen LogP contribution is 2.26. The van der Waals surface area contributed by atoms with Crippen LogP contribution in [-0.2, 0) is 16.1 Å². The maximum atomic E-state index is 12.7. The molecule has 1 amide bonds. The van der Waals surface area contributed by atoms with Gasteiger partial charge >= 0.3 is 0 Å². The SMILES string of the molecule is COCC(=O)N(c1cccc(C)c1)C1CCN(Cc2ccsc2)CC1. The first-order valence-corrected chi connectivity index (χ1v) is 9.73. The first-order chi connectivity index (χ1) is 12.2. The second-order valence-corrected chi connectivity index (χ2v) is 7.45. The Hall–Kier alpha value is -1.69. The highest BCUT2D eigenvalue weighted by Gasteiger charge is 2.29. The number of thiophene rings is 1. The molecule has 0 saturated carbocycles. The Kier molecular flexibility index (Phi) is 6.24. The van der Waals surface area contributed by atoms with Crippen molar-refractivity contribution in [3.05, 3.63) is 52.2 Å². The number of hydrogen-bond donors (Lipinski definition) is 0. The Morgan fingerprint density at radius 3 is 2.76 bits per heavy atom. The minimum absolute atomic E-state index is 0.0457. The van der Waals surface area contributed by atoms with Crippen LogP contribution in [0.1, 0.15) is 24.0 Å². The van der Waals surface area contributed by atoms with Gasteiger partial charge in [0.25, 0.3) is 5.91 Å². The number of likely N-dealkylation sites (tertiary alicyclic amines) is 1. The van der Waals surface area contributed by atoms with E-state index >= 15 is 0 Å². The number of ether oxygens (including phenoxy) is 1. The molecule has 0 radical (unpaired) electrons. The van der Waals surface area contributed by atoms with E-state index in [1.165, 1.54) is 11.1 Å². The zero-order chi connectivity index (χ0) is 17.6. The number of aryl methyl sites for hydroxylation is 1. The molecule has 0 aliphatic carbocycles. The Labute approximate surface area is 154 Å². The van der Waals surface area contributed by atoms with E-state index in [-0.39, 0.29) is 18.6 Å². The van der Waals surface area contributed by atoms with Gasteiger partial charge in [-0.15, -0.1) is 0 Å². The van der Waals surface area contributed by atoms with Gasteiger partial charge in [0.2, 0.25) is 0 Å². The Balaban J connectivity index is 1.68. The standard InChI is InChI=1S/C20H26N2O2S/c1-16-4-3-5-19(12-16)22(20(23)14-24-2)18-6-9-21(10-7-18)13-17-8-11-25-15-17/h3-5,8,11-12,15,18H,6-7,9-10,13-14H2,1-2H3. The van der Waals surface area contributed by atoms with Gasteiger partial charge < -0.3 is 9.64 Å². The lowest BCUT2D eigenvalue weighted by atomic mass is 10.0. The fourth-order valence-electron chi connectivity index (χ4n) is 3.51. The number of nitrogens with zero attached hydrogens (tertiary/aromatic N) is 2. The van der Waals surface area contributed by atoms with Crippen LogP contribution < -0.4 is 4.90 Å². The summed E-state index contributed by atoms with van der Waals surface area (Å²) < 4.78 is 5.12. The maximum absolute atomic E-state index is 12.7. The van der Waals surface area contributed by atoms with E-state index in [0.717, 1.165) is 38.2 Å². The molecule has 2 aromatic rings. The maximum Gasteiger partial charge on any atom is 0.253 e. The number of benzene rings is 1. The van der Waals surface area contributed by atoms with Crippen LogP contribution in [0, 0.1) is 6.92 Å². The second-order valence-electron chi connectivity index (χ2n) is 6.67. The van der Waals surface area contributed by atoms with Crippen LogP contribution in [-0.4, -0.2) is 43.7 Å². The van der Waals surface area contributed by atoms with E-state index in [4.69, 9.17) is 4.74 Å². The predicted molar refractivity (Wildman–Crippen MR) is 103 cm³/mol. The van der Waals surface area contributed by atoms with Crippen molar-refractivity contribution in [3.63, 3.8) is 0 Å². The molecule has 0 bridgehead atoms. The molecule has 5 heteroatoms. The zero-order valence-electron chi connectivity index (χ0n) is 15.0. The first kappa shape index (κ1) is 18.1. The van der Waals surface area contributed by atoms with Crippen molar-refractivity contribution >= 4 is 22.9 Å². The van der Waals surface area contributed by atoms with Gasteiger partial charge in [-0.1, -0.05) is 12.1 Å². The first-order valence-electron chi connectivity index (χ1n) is 8.78. The number of carbonyl (C=O) groups excluding carboxylic acids is 1. The van der Waals surface area contributed by atoms with Crippen molar-refractivity contribution in [3.8, 4) is 0 Å². The van der Waals surface area contributed by atoms with Gasteiger partial charge in [0.15, 0.2) is 0 Å². The molecule has 1 aromatic heterocycles. The topological polar surface area (TPSA) is 32.8 Å². The van der Waals surface area contributed by atoms with Gasteiger partial charge in [0, 0.05) is 38.5 Å². The van der Waals surface area contributed by atoms with Crippen molar-refractivity contribution in [1.82, 2.24) is 4.90 Å². The monoisotopic (exact) mass is 358 g/mol. The fraction of sp³-hybridized carbons (Fsp3) is 0.450. The molecule has 134 valence electrons. The number of carbonyl (C=O) groups is 1. The van der Waals surface area contributed by atoms with Gasteiger partial charge in [-0.25, -0.2) is 0 Å². The van der Waals surface area contributed by atoms with Crippen LogP contribution in [0.25, 0.3) is 0 Å².